The summed E-state index contributed by atoms with van der Waals surface area (Å²) in [5.74, 6) is 1.44. The second kappa shape index (κ2) is 7.53. The van der Waals surface area contributed by atoms with E-state index >= 15 is 0 Å². The van der Waals surface area contributed by atoms with E-state index in [9.17, 15) is 0 Å². The molecule has 2 fully saturated rings. The molecule has 5 heterocycles. The molecule has 2 saturated heterocycles. The summed E-state index contributed by atoms with van der Waals surface area (Å²) < 4.78 is 7.40. The molecule has 3 aromatic rings. The summed E-state index contributed by atoms with van der Waals surface area (Å²) in [4.78, 5) is 14.0. The van der Waals surface area contributed by atoms with Gasteiger partial charge in [0.1, 0.15) is 5.01 Å². The summed E-state index contributed by atoms with van der Waals surface area (Å²) in [6.07, 6.45) is 6.21. The van der Waals surface area contributed by atoms with Gasteiger partial charge in [-0.2, -0.15) is 5.10 Å². The van der Waals surface area contributed by atoms with Crippen LogP contribution in [0.1, 0.15) is 29.6 Å². The van der Waals surface area contributed by atoms with Crippen molar-refractivity contribution in [1.29, 1.82) is 0 Å². The van der Waals surface area contributed by atoms with Gasteiger partial charge in [0.15, 0.2) is 11.5 Å². The highest BCUT2D eigenvalue weighted by Crippen LogP contribution is 2.27. The van der Waals surface area contributed by atoms with Crippen molar-refractivity contribution in [2.45, 2.75) is 25.3 Å². The number of aromatic nitrogens is 4. The van der Waals surface area contributed by atoms with Gasteiger partial charge in [0.25, 0.3) is 0 Å². The molecule has 8 heteroatoms. The number of likely N-dealkylation sites (tertiary alicyclic amines) is 1. The van der Waals surface area contributed by atoms with Gasteiger partial charge in [-0.15, -0.1) is 11.3 Å². The first-order valence-electron chi connectivity index (χ1n) is 9.65. The Labute approximate surface area is 162 Å². The summed E-state index contributed by atoms with van der Waals surface area (Å²) in [5, 5.41) is 8.06. The van der Waals surface area contributed by atoms with Gasteiger partial charge >= 0.3 is 0 Å². The monoisotopic (exact) mass is 384 g/mol. The molecule has 0 aliphatic carbocycles. The second-order valence-corrected chi connectivity index (χ2v) is 8.21. The molecular weight excluding hydrogens is 360 g/mol. The lowest BCUT2D eigenvalue weighted by Gasteiger charge is -2.29. The summed E-state index contributed by atoms with van der Waals surface area (Å²) in [6.45, 7) is 6.58. The van der Waals surface area contributed by atoms with Crippen LogP contribution >= 0.6 is 11.3 Å². The maximum Gasteiger partial charge on any atom is 0.155 e. The molecule has 0 bridgehead atoms. The molecule has 0 saturated carbocycles. The lowest BCUT2D eigenvalue weighted by Crippen LogP contribution is -2.36. The third kappa shape index (κ3) is 3.69. The third-order valence-corrected chi connectivity index (χ3v) is 6.27. The Balaban J connectivity index is 1.26. The molecule has 0 atom stereocenters. The molecule has 0 radical (unpaired) electrons. The number of nitrogens with zero attached hydrogens (tertiary/aromatic N) is 6. The number of anilines is 1. The van der Waals surface area contributed by atoms with Crippen molar-refractivity contribution in [3.05, 3.63) is 40.7 Å². The quantitative estimate of drug-likeness (QED) is 0.688. The number of ether oxygens (including phenoxy) is 1. The number of piperidine rings is 1. The molecule has 0 amide bonds. The second-order valence-electron chi connectivity index (χ2n) is 7.24. The number of hydrogen-bond acceptors (Lipinski definition) is 7. The normalized spacial score (nSPS) is 19.8. The Kier molecular flexibility index (Phi) is 4.77. The van der Waals surface area contributed by atoms with Crippen LogP contribution in [-0.2, 0) is 11.3 Å². The zero-order valence-electron chi connectivity index (χ0n) is 15.3. The van der Waals surface area contributed by atoms with Crippen LogP contribution in [-0.4, -0.2) is 63.9 Å². The number of fused-ring (bicyclic) bond motifs is 1. The number of rotatable bonds is 4. The van der Waals surface area contributed by atoms with Gasteiger partial charge in [-0.3, -0.25) is 4.90 Å². The van der Waals surface area contributed by atoms with Crippen LogP contribution in [0, 0.1) is 0 Å². The number of morpholine rings is 1. The van der Waals surface area contributed by atoms with Crippen LogP contribution in [0.2, 0.25) is 0 Å². The molecule has 142 valence electrons. The predicted molar refractivity (Wildman–Crippen MR) is 105 cm³/mol. The van der Waals surface area contributed by atoms with Gasteiger partial charge in [-0.25, -0.2) is 14.5 Å². The van der Waals surface area contributed by atoms with E-state index in [1.165, 1.54) is 10.7 Å². The van der Waals surface area contributed by atoms with E-state index in [4.69, 9.17) is 14.8 Å². The van der Waals surface area contributed by atoms with Crippen LogP contribution in [0.5, 0.6) is 0 Å². The lowest BCUT2D eigenvalue weighted by atomic mass is 9.96. The predicted octanol–water partition coefficient (Wildman–Crippen LogP) is 2.40. The molecule has 2 aliphatic rings. The van der Waals surface area contributed by atoms with Crippen LogP contribution in [0.4, 0.5) is 5.69 Å². The van der Waals surface area contributed by atoms with E-state index in [1.54, 1.807) is 11.3 Å². The fourth-order valence-electron chi connectivity index (χ4n) is 3.94. The summed E-state index contributed by atoms with van der Waals surface area (Å²) >= 11 is 1.74. The van der Waals surface area contributed by atoms with E-state index in [0.717, 1.165) is 70.3 Å². The summed E-state index contributed by atoms with van der Waals surface area (Å²) in [7, 11) is 0. The zero-order valence-corrected chi connectivity index (χ0v) is 16.1. The van der Waals surface area contributed by atoms with Crippen molar-refractivity contribution in [2.75, 3.05) is 44.3 Å². The van der Waals surface area contributed by atoms with Crippen LogP contribution in [0.25, 0.3) is 5.65 Å². The maximum absolute atomic E-state index is 5.45. The van der Waals surface area contributed by atoms with Crippen molar-refractivity contribution >= 4 is 22.7 Å². The molecular formula is C19H24N6OS. The van der Waals surface area contributed by atoms with E-state index in [0.29, 0.717) is 5.92 Å². The zero-order chi connectivity index (χ0) is 18.1. The molecule has 5 rings (SSSR count). The van der Waals surface area contributed by atoms with Crippen LogP contribution < -0.4 is 4.90 Å². The van der Waals surface area contributed by atoms with E-state index in [2.05, 4.69) is 33.1 Å². The van der Waals surface area contributed by atoms with Gasteiger partial charge in [-0.05, 0) is 38.1 Å². The number of thiazole rings is 1. The minimum absolute atomic E-state index is 0.448. The lowest BCUT2D eigenvalue weighted by molar-refractivity contribution is 0.122. The maximum atomic E-state index is 5.45. The van der Waals surface area contributed by atoms with Gasteiger partial charge in [0.05, 0.1) is 31.6 Å². The number of hydrogen-bond donors (Lipinski definition) is 0. The largest absolute Gasteiger partial charge is 0.378 e. The fraction of sp³-hybridized carbons (Fsp3) is 0.526. The van der Waals surface area contributed by atoms with E-state index in [-0.39, 0.29) is 0 Å². The minimum Gasteiger partial charge on any atom is -0.378 e. The molecule has 27 heavy (non-hydrogen) atoms. The minimum atomic E-state index is 0.448. The van der Waals surface area contributed by atoms with Crippen molar-refractivity contribution in [3.8, 4) is 0 Å². The molecule has 3 aromatic heterocycles. The first-order chi connectivity index (χ1) is 13.3. The molecule has 0 unspecified atom stereocenters. The van der Waals surface area contributed by atoms with Gasteiger partial charge in [0, 0.05) is 30.6 Å². The summed E-state index contributed by atoms with van der Waals surface area (Å²) in [5.41, 5.74) is 2.13. The first-order valence-corrected chi connectivity index (χ1v) is 10.5. The van der Waals surface area contributed by atoms with Gasteiger partial charge < -0.3 is 9.64 Å². The van der Waals surface area contributed by atoms with Crippen molar-refractivity contribution in [2.24, 2.45) is 0 Å². The van der Waals surface area contributed by atoms with Crippen molar-refractivity contribution < 1.29 is 4.74 Å². The third-order valence-electron chi connectivity index (χ3n) is 5.50. The van der Waals surface area contributed by atoms with Gasteiger partial charge in [0.2, 0.25) is 0 Å². The average Bonchev–Trinajstić information content (AvgIpc) is 3.38. The molecule has 2 aliphatic heterocycles. The Morgan fingerprint density at radius 2 is 1.96 bits per heavy atom. The van der Waals surface area contributed by atoms with E-state index in [1.807, 2.05) is 16.1 Å². The topological polar surface area (TPSA) is 58.8 Å². The highest BCUT2D eigenvalue weighted by atomic mass is 32.1. The smallest absolute Gasteiger partial charge is 0.155 e. The molecule has 0 N–H and O–H groups in total. The Morgan fingerprint density at radius 3 is 2.74 bits per heavy atom. The highest BCUT2D eigenvalue weighted by molar-refractivity contribution is 7.09. The molecule has 0 spiro atoms. The molecule has 0 aromatic carbocycles. The van der Waals surface area contributed by atoms with E-state index < -0.39 is 0 Å². The average molecular weight is 385 g/mol. The first kappa shape index (κ1) is 17.1. The van der Waals surface area contributed by atoms with Gasteiger partial charge in [-0.1, -0.05) is 0 Å². The Morgan fingerprint density at radius 1 is 1.11 bits per heavy atom. The number of pyridine rings is 1. The SMILES string of the molecule is c1csc(CN2CCC(c3nc4ccc(N5CCOCC5)cn4n3)CC2)n1. The highest BCUT2D eigenvalue weighted by Gasteiger charge is 2.24. The Bertz CT molecular complexity index is 881. The molecule has 7 nitrogen and oxygen atoms in total. The van der Waals surface area contributed by atoms with Crippen LogP contribution in [0.3, 0.4) is 0 Å². The van der Waals surface area contributed by atoms with Crippen molar-refractivity contribution in [1.82, 2.24) is 24.5 Å². The van der Waals surface area contributed by atoms with Crippen LogP contribution in [0.15, 0.2) is 29.9 Å². The summed E-state index contributed by atoms with van der Waals surface area (Å²) in [6, 6.07) is 4.23. The Hall–Kier alpha value is -2.03. The fourth-order valence-corrected chi connectivity index (χ4v) is 4.60. The standard InChI is InChI=1S/C19H24N6OS/c1-2-17-21-19(22-25(17)13-16(1)24-8-10-26-11-9-24)15-3-6-23(7-4-15)14-18-20-5-12-27-18/h1-2,5,12-13,15H,3-4,6-11,14H2. The van der Waals surface area contributed by atoms with Crippen molar-refractivity contribution in [3.63, 3.8) is 0 Å².